The van der Waals surface area contributed by atoms with Gasteiger partial charge in [-0.3, -0.25) is 4.90 Å². The van der Waals surface area contributed by atoms with E-state index >= 15 is 0 Å². The largest absolute Gasteiger partial charge is 0.314 e. The molecule has 5 heteroatoms. The Morgan fingerprint density at radius 2 is 2.00 bits per heavy atom. The molecule has 1 N–H and O–H groups in total. The Morgan fingerprint density at radius 3 is 2.56 bits per heavy atom. The van der Waals surface area contributed by atoms with Crippen LogP contribution in [0.2, 0.25) is 0 Å². The van der Waals surface area contributed by atoms with E-state index in [0.29, 0.717) is 11.8 Å². The summed E-state index contributed by atoms with van der Waals surface area (Å²) in [5.41, 5.74) is 0.233. The van der Waals surface area contributed by atoms with Crippen LogP contribution in [-0.4, -0.2) is 57.0 Å². The first-order valence-corrected chi connectivity index (χ1v) is 8.73. The molecule has 1 fully saturated rings. The second kappa shape index (κ2) is 6.35. The van der Waals surface area contributed by atoms with Gasteiger partial charge in [0.05, 0.1) is 5.75 Å². The van der Waals surface area contributed by atoms with Crippen LogP contribution >= 0.6 is 0 Å². The van der Waals surface area contributed by atoms with Crippen LogP contribution < -0.4 is 5.32 Å². The maximum absolute atomic E-state index is 11.5. The van der Waals surface area contributed by atoms with E-state index in [1.54, 1.807) is 6.92 Å². The van der Waals surface area contributed by atoms with Crippen molar-refractivity contribution >= 4 is 9.84 Å². The first kappa shape index (κ1) is 15.9. The third-order valence-corrected chi connectivity index (χ3v) is 5.48. The lowest BCUT2D eigenvalue weighted by Crippen LogP contribution is -2.56. The summed E-state index contributed by atoms with van der Waals surface area (Å²) >= 11 is 0. The minimum atomic E-state index is -2.82. The summed E-state index contributed by atoms with van der Waals surface area (Å²) in [6.07, 6.45) is 0.753. The van der Waals surface area contributed by atoms with Gasteiger partial charge in [-0.25, -0.2) is 8.42 Å². The van der Waals surface area contributed by atoms with Crippen LogP contribution in [0.4, 0.5) is 0 Å². The Hall–Kier alpha value is -0.130. The zero-order valence-corrected chi connectivity index (χ0v) is 13.0. The van der Waals surface area contributed by atoms with E-state index < -0.39 is 9.84 Å². The van der Waals surface area contributed by atoms with E-state index in [9.17, 15) is 8.42 Å². The summed E-state index contributed by atoms with van der Waals surface area (Å²) in [7, 11) is -2.82. The SMILES string of the molecule is CCS(=O)(=O)CCCN1CCNCC1C(C)(C)C. The van der Waals surface area contributed by atoms with Gasteiger partial charge < -0.3 is 5.32 Å². The topological polar surface area (TPSA) is 49.4 Å². The fourth-order valence-electron chi connectivity index (χ4n) is 2.50. The Kier molecular flexibility index (Phi) is 5.62. The molecule has 1 atom stereocenters. The minimum Gasteiger partial charge on any atom is -0.314 e. The van der Waals surface area contributed by atoms with Crippen molar-refractivity contribution in [2.45, 2.75) is 40.2 Å². The zero-order chi connectivity index (χ0) is 13.8. The van der Waals surface area contributed by atoms with E-state index in [0.717, 1.165) is 32.6 Å². The van der Waals surface area contributed by atoms with E-state index in [4.69, 9.17) is 0 Å². The third kappa shape index (κ3) is 4.86. The highest BCUT2D eigenvalue weighted by Crippen LogP contribution is 2.25. The number of piperazine rings is 1. The van der Waals surface area contributed by atoms with Crippen molar-refractivity contribution in [1.29, 1.82) is 0 Å². The van der Waals surface area contributed by atoms with Crippen molar-refractivity contribution in [1.82, 2.24) is 10.2 Å². The van der Waals surface area contributed by atoms with Crippen molar-refractivity contribution in [3.05, 3.63) is 0 Å². The maximum atomic E-state index is 11.5. The first-order chi connectivity index (χ1) is 8.26. The average molecular weight is 276 g/mol. The van der Waals surface area contributed by atoms with Gasteiger partial charge in [0.1, 0.15) is 9.84 Å². The monoisotopic (exact) mass is 276 g/mol. The van der Waals surface area contributed by atoms with Gasteiger partial charge in [-0.2, -0.15) is 0 Å². The molecule has 0 spiro atoms. The molecule has 1 aliphatic heterocycles. The summed E-state index contributed by atoms with van der Waals surface area (Å²) in [5.74, 6) is 0.585. The molecule has 0 aromatic heterocycles. The first-order valence-electron chi connectivity index (χ1n) is 6.91. The van der Waals surface area contributed by atoms with Gasteiger partial charge in [0.15, 0.2) is 0 Å². The summed E-state index contributed by atoms with van der Waals surface area (Å²) in [6.45, 7) is 12.4. The van der Waals surface area contributed by atoms with Gasteiger partial charge in [0.25, 0.3) is 0 Å². The molecule has 0 radical (unpaired) electrons. The number of hydrogen-bond acceptors (Lipinski definition) is 4. The molecule has 0 aromatic carbocycles. The fraction of sp³-hybridized carbons (Fsp3) is 1.00. The van der Waals surface area contributed by atoms with Crippen LogP contribution in [0.15, 0.2) is 0 Å². The van der Waals surface area contributed by atoms with E-state index in [1.165, 1.54) is 0 Å². The van der Waals surface area contributed by atoms with Gasteiger partial charge in [0.2, 0.25) is 0 Å². The Bertz CT molecular complexity index is 346. The molecule has 1 saturated heterocycles. The molecule has 0 aliphatic carbocycles. The molecule has 1 heterocycles. The summed E-state index contributed by atoms with van der Waals surface area (Å²) in [6, 6.07) is 0.496. The van der Waals surface area contributed by atoms with Crippen LogP contribution in [0, 0.1) is 5.41 Å². The highest BCUT2D eigenvalue weighted by molar-refractivity contribution is 7.91. The lowest BCUT2D eigenvalue weighted by molar-refractivity contribution is 0.0758. The third-order valence-electron chi connectivity index (χ3n) is 3.69. The zero-order valence-electron chi connectivity index (χ0n) is 12.2. The smallest absolute Gasteiger partial charge is 0.150 e. The maximum Gasteiger partial charge on any atom is 0.150 e. The number of hydrogen-bond donors (Lipinski definition) is 1. The van der Waals surface area contributed by atoms with Gasteiger partial charge in [-0.1, -0.05) is 27.7 Å². The summed E-state index contributed by atoms with van der Waals surface area (Å²) in [5, 5.41) is 3.43. The van der Waals surface area contributed by atoms with E-state index in [2.05, 4.69) is 31.0 Å². The summed E-state index contributed by atoms with van der Waals surface area (Å²) in [4.78, 5) is 2.45. The molecule has 0 bridgehead atoms. The molecule has 0 saturated carbocycles. The number of sulfone groups is 1. The molecule has 1 aliphatic rings. The van der Waals surface area contributed by atoms with Gasteiger partial charge >= 0.3 is 0 Å². The number of rotatable bonds is 5. The summed E-state index contributed by atoms with van der Waals surface area (Å²) < 4.78 is 23.0. The van der Waals surface area contributed by atoms with Crippen LogP contribution in [0.3, 0.4) is 0 Å². The highest BCUT2D eigenvalue weighted by Gasteiger charge is 2.31. The molecular formula is C13H28N2O2S. The normalized spacial score (nSPS) is 23.2. The van der Waals surface area contributed by atoms with Crippen molar-refractivity contribution in [2.75, 3.05) is 37.7 Å². The predicted octanol–water partition coefficient (Wildman–Crippen LogP) is 1.13. The quantitative estimate of drug-likeness (QED) is 0.818. The van der Waals surface area contributed by atoms with E-state index in [-0.39, 0.29) is 11.2 Å². The minimum absolute atomic E-state index is 0.233. The van der Waals surface area contributed by atoms with Crippen molar-refractivity contribution < 1.29 is 8.42 Å². The second-order valence-electron chi connectivity index (χ2n) is 6.21. The molecule has 108 valence electrons. The van der Waals surface area contributed by atoms with Gasteiger partial charge in [-0.15, -0.1) is 0 Å². The molecule has 1 unspecified atom stereocenters. The Labute approximate surface area is 112 Å². The second-order valence-corrected chi connectivity index (χ2v) is 8.68. The van der Waals surface area contributed by atoms with Gasteiger partial charge in [-0.05, 0) is 18.4 Å². The molecule has 4 nitrogen and oxygen atoms in total. The van der Waals surface area contributed by atoms with Crippen molar-refractivity contribution in [3.63, 3.8) is 0 Å². The lowest BCUT2D eigenvalue weighted by atomic mass is 9.84. The Morgan fingerprint density at radius 1 is 1.33 bits per heavy atom. The fourth-order valence-corrected chi connectivity index (χ4v) is 3.36. The molecule has 18 heavy (non-hydrogen) atoms. The van der Waals surface area contributed by atoms with Crippen molar-refractivity contribution in [2.24, 2.45) is 5.41 Å². The predicted molar refractivity (Wildman–Crippen MR) is 76.6 cm³/mol. The Balaban J connectivity index is 2.48. The van der Waals surface area contributed by atoms with Gasteiger partial charge in [0, 0.05) is 31.4 Å². The van der Waals surface area contributed by atoms with E-state index in [1.807, 2.05) is 0 Å². The van der Waals surface area contributed by atoms with Crippen LogP contribution in [-0.2, 0) is 9.84 Å². The standard InChI is InChI=1S/C13H28N2O2S/c1-5-18(16,17)10-6-8-15-9-7-14-11-12(15)13(2,3)4/h12,14H,5-11H2,1-4H3. The average Bonchev–Trinajstić information content (AvgIpc) is 2.28. The van der Waals surface area contributed by atoms with Crippen LogP contribution in [0.1, 0.15) is 34.1 Å². The number of nitrogens with zero attached hydrogens (tertiary/aromatic N) is 1. The number of nitrogens with one attached hydrogen (secondary N) is 1. The highest BCUT2D eigenvalue weighted by atomic mass is 32.2. The van der Waals surface area contributed by atoms with Crippen LogP contribution in [0.25, 0.3) is 0 Å². The molecular weight excluding hydrogens is 248 g/mol. The van der Waals surface area contributed by atoms with Crippen molar-refractivity contribution in [3.8, 4) is 0 Å². The molecule has 1 rings (SSSR count). The molecule has 0 aromatic rings. The molecule has 0 amide bonds. The lowest BCUT2D eigenvalue weighted by Gasteiger charge is -2.43. The van der Waals surface area contributed by atoms with Crippen LogP contribution in [0.5, 0.6) is 0 Å².